The molecule has 0 radical (unpaired) electrons. The van der Waals surface area contributed by atoms with Crippen molar-refractivity contribution in [3.63, 3.8) is 0 Å². The first-order valence-electron chi connectivity index (χ1n) is 9.30. The quantitative estimate of drug-likeness (QED) is 0.780. The van der Waals surface area contributed by atoms with Gasteiger partial charge in [0.1, 0.15) is 5.82 Å². The first-order valence-corrected chi connectivity index (χ1v) is 10.7. The predicted molar refractivity (Wildman–Crippen MR) is 105 cm³/mol. The second-order valence-electron chi connectivity index (χ2n) is 6.41. The summed E-state index contributed by atoms with van der Waals surface area (Å²) in [7, 11) is -3.36. The van der Waals surface area contributed by atoms with E-state index in [0.717, 1.165) is 18.5 Å². The SMILES string of the molecule is CCN(CC)S(=O)(=O)N1CCC(c2cccc(Nc3ncccn3)n2)CC1. The number of rotatable bonds is 7. The molecule has 2 aromatic rings. The zero-order valence-corrected chi connectivity index (χ0v) is 16.6. The highest BCUT2D eigenvalue weighted by molar-refractivity contribution is 7.86. The highest BCUT2D eigenvalue weighted by atomic mass is 32.2. The van der Waals surface area contributed by atoms with Crippen LogP contribution < -0.4 is 5.32 Å². The molecule has 0 aromatic carbocycles. The molecule has 0 amide bonds. The molecule has 146 valence electrons. The molecule has 0 bridgehead atoms. The van der Waals surface area contributed by atoms with Crippen LogP contribution in [0, 0.1) is 0 Å². The van der Waals surface area contributed by atoms with Gasteiger partial charge in [-0.25, -0.2) is 15.0 Å². The van der Waals surface area contributed by atoms with Gasteiger partial charge in [-0.3, -0.25) is 0 Å². The van der Waals surface area contributed by atoms with E-state index in [2.05, 4.69) is 20.3 Å². The van der Waals surface area contributed by atoms with Gasteiger partial charge < -0.3 is 5.32 Å². The second kappa shape index (κ2) is 8.73. The van der Waals surface area contributed by atoms with Crippen molar-refractivity contribution in [3.05, 3.63) is 42.4 Å². The predicted octanol–water partition coefficient (Wildman–Crippen LogP) is 2.38. The minimum absolute atomic E-state index is 0.242. The first-order chi connectivity index (χ1) is 13.0. The molecule has 1 fully saturated rings. The third-order valence-electron chi connectivity index (χ3n) is 4.81. The van der Waals surface area contributed by atoms with Crippen LogP contribution in [0.1, 0.15) is 38.3 Å². The van der Waals surface area contributed by atoms with Gasteiger partial charge in [0.25, 0.3) is 10.2 Å². The molecule has 0 aliphatic carbocycles. The number of anilines is 2. The van der Waals surface area contributed by atoms with Crippen molar-refractivity contribution in [2.75, 3.05) is 31.5 Å². The number of hydrogen-bond donors (Lipinski definition) is 1. The second-order valence-corrected chi connectivity index (χ2v) is 8.34. The molecule has 0 spiro atoms. The Balaban J connectivity index is 1.65. The van der Waals surface area contributed by atoms with E-state index in [9.17, 15) is 8.42 Å². The van der Waals surface area contributed by atoms with Gasteiger partial charge in [-0.2, -0.15) is 17.0 Å². The molecule has 8 nitrogen and oxygen atoms in total. The largest absolute Gasteiger partial charge is 0.309 e. The average molecular weight is 391 g/mol. The molecule has 0 saturated carbocycles. The highest BCUT2D eigenvalue weighted by Gasteiger charge is 2.32. The Kier molecular flexibility index (Phi) is 6.35. The van der Waals surface area contributed by atoms with E-state index in [0.29, 0.717) is 37.9 Å². The summed E-state index contributed by atoms with van der Waals surface area (Å²) >= 11 is 0. The Hall–Kier alpha value is -2.10. The van der Waals surface area contributed by atoms with E-state index >= 15 is 0 Å². The number of aromatic nitrogens is 3. The number of piperidine rings is 1. The molecular weight excluding hydrogens is 364 g/mol. The molecule has 0 unspecified atom stereocenters. The van der Waals surface area contributed by atoms with Crippen molar-refractivity contribution >= 4 is 22.0 Å². The smallest absolute Gasteiger partial charge is 0.281 e. The van der Waals surface area contributed by atoms with Crippen LogP contribution in [0.4, 0.5) is 11.8 Å². The Morgan fingerprint density at radius 3 is 2.41 bits per heavy atom. The van der Waals surface area contributed by atoms with E-state index < -0.39 is 10.2 Å². The zero-order chi connectivity index (χ0) is 19.3. The average Bonchev–Trinajstić information content (AvgIpc) is 2.70. The summed E-state index contributed by atoms with van der Waals surface area (Å²) in [5, 5.41) is 3.10. The van der Waals surface area contributed by atoms with Crippen LogP contribution in [0.2, 0.25) is 0 Å². The molecule has 3 rings (SSSR count). The minimum atomic E-state index is -3.36. The van der Waals surface area contributed by atoms with Crippen LogP contribution in [0.5, 0.6) is 0 Å². The summed E-state index contributed by atoms with van der Waals surface area (Å²) in [5.41, 5.74) is 0.968. The third-order valence-corrected chi connectivity index (χ3v) is 6.99. The molecule has 3 heterocycles. The van der Waals surface area contributed by atoms with Crippen LogP contribution >= 0.6 is 0 Å². The Labute approximate surface area is 160 Å². The van der Waals surface area contributed by atoms with Crippen LogP contribution in [0.15, 0.2) is 36.7 Å². The lowest BCUT2D eigenvalue weighted by molar-refractivity contribution is 0.289. The Bertz CT molecular complexity index is 834. The summed E-state index contributed by atoms with van der Waals surface area (Å²) in [5.74, 6) is 1.44. The lowest BCUT2D eigenvalue weighted by Crippen LogP contribution is -2.46. The molecular formula is C18H26N6O2S. The highest BCUT2D eigenvalue weighted by Crippen LogP contribution is 2.29. The van der Waals surface area contributed by atoms with Gasteiger partial charge in [0.05, 0.1) is 0 Å². The van der Waals surface area contributed by atoms with Crippen molar-refractivity contribution in [1.82, 2.24) is 23.6 Å². The Morgan fingerprint density at radius 2 is 1.78 bits per heavy atom. The van der Waals surface area contributed by atoms with E-state index in [4.69, 9.17) is 0 Å². The lowest BCUT2D eigenvalue weighted by Gasteiger charge is -2.34. The fourth-order valence-electron chi connectivity index (χ4n) is 3.32. The standard InChI is InChI=1S/C18H26N6O2S/c1-3-23(4-2)27(25,26)24-13-9-15(10-14-24)16-7-5-8-17(21-16)22-18-19-11-6-12-20-18/h5-8,11-12,15H,3-4,9-10,13-14H2,1-2H3,(H,19,20,21,22). The molecule has 0 atom stereocenters. The maximum atomic E-state index is 12.7. The number of hydrogen-bond acceptors (Lipinski definition) is 6. The minimum Gasteiger partial charge on any atom is -0.309 e. The van der Waals surface area contributed by atoms with Gasteiger partial charge in [-0.1, -0.05) is 19.9 Å². The van der Waals surface area contributed by atoms with Crippen molar-refractivity contribution in [1.29, 1.82) is 0 Å². The fraction of sp³-hybridized carbons (Fsp3) is 0.500. The maximum Gasteiger partial charge on any atom is 0.281 e. The van der Waals surface area contributed by atoms with Crippen molar-refractivity contribution in [2.45, 2.75) is 32.6 Å². The fourth-order valence-corrected chi connectivity index (χ4v) is 4.97. The summed E-state index contributed by atoms with van der Waals surface area (Å²) < 4.78 is 28.4. The van der Waals surface area contributed by atoms with Gasteiger partial charge in [-0.15, -0.1) is 0 Å². The van der Waals surface area contributed by atoms with E-state index in [1.54, 1.807) is 22.8 Å². The van der Waals surface area contributed by atoms with Gasteiger partial charge in [0.15, 0.2) is 0 Å². The molecule has 2 aromatic heterocycles. The van der Waals surface area contributed by atoms with Gasteiger partial charge in [-0.05, 0) is 31.0 Å². The molecule has 1 aliphatic rings. The number of nitrogens with zero attached hydrogens (tertiary/aromatic N) is 5. The van der Waals surface area contributed by atoms with Crippen molar-refractivity contribution in [3.8, 4) is 0 Å². The van der Waals surface area contributed by atoms with Crippen LogP contribution in [-0.4, -0.2) is 58.2 Å². The topological polar surface area (TPSA) is 91.3 Å². The molecule has 1 saturated heterocycles. The number of pyridine rings is 1. The summed E-state index contributed by atoms with van der Waals surface area (Å²) in [6.07, 6.45) is 4.87. The Morgan fingerprint density at radius 1 is 1.11 bits per heavy atom. The van der Waals surface area contributed by atoms with Crippen molar-refractivity contribution in [2.24, 2.45) is 0 Å². The van der Waals surface area contributed by atoms with E-state index in [1.807, 2.05) is 32.0 Å². The van der Waals surface area contributed by atoms with E-state index in [1.165, 1.54) is 4.31 Å². The van der Waals surface area contributed by atoms with Crippen LogP contribution in [-0.2, 0) is 10.2 Å². The van der Waals surface area contributed by atoms with E-state index in [-0.39, 0.29) is 5.92 Å². The third kappa shape index (κ3) is 4.60. The van der Waals surface area contributed by atoms with Crippen LogP contribution in [0.25, 0.3) is 0 Å². The molecule has 1 N–H and O–H groups in total. The maximum absolute atomic E-state index is 12.7. The molecule has 9 heteroatoms. The monoisotopic (exact) mass is 390 g/mol. The normalized spacial score (nSPS) is 16.6. The van der Waals surface area contributed by atoms with Crippen molar-refractivity contribution < 1.29 is 8.42 Å². The molecule has 1 aliphatic heterocycles. The zero-order valence-electron chi connectivity index (χ0n) is 15.7. The summed E-state index contributed by atoms with van der Waals surface area (Å²) in [6, 6.07) is 7.58. The van der Waals surface area contributed by atoms with Gasteiger partial charge >= 0.3 is 0 Å². The number of nitrogens with one attached hydrogen (secondary N) is 1. The summed E-state index contributed by atoms with van der Waals surface area (Å²) in [4.78, 5) is 13.0. The van der Waals surface area contributed by atoms with Gasteiger partial charge in [0.2, 0.25) is 5.95 Å². The lowest BCUT2D eigenvalue weighted by atomic mass is 9.94. The van der Waals surface area contributed by atoms with Crippen LogP contribution in [0.3, 0.4) is 0 Å². The summed E-state index contributed by atoms with van der Waals surface area (Å²) in [6.45, 7) is 5.76. The first kappa shape index (κ1) is 19.7. The molecule has 27 heavy (non-hydrogen) atoms. The van der Waals surface area contributed by atoms with Gasteiger partial charge in [0, 0.05) is 50.2 Å².